The van der Waals surface area contributed by atoms with Crippen molar-refractivity contribution in [2.24, 2.45) is 4.99 Å². The lowest BCUT2D eigenvalue weighted by molar-refractivity contribution is 0.743. The van der Waals surface area contributed by atoms with Gasteiger partial charge in [-0.1, -0.05) is 38.1 Å². The molecule has 0 radical (unpaired) electrons. The number of aromatic nitrogens is 1. The summed E-state index contributed by atoms with van der Waals surface area (Å²) in [6, 6.07) is 8.97. The van der Waals surface area contributed by atoms with E-state index >= 15 is 0 Å². The summed E-state index contributed by atoms with van der Waals surface area (Å²) in [4.78, 5) is 9.75. The van der Waals surface area contributed by atoms with Gasteiger partial charge in [-0.3, -0.25) is 4.99 Å². The highest BCUT2D eigenvalue weighted by Crippen LogP contribution is 2.15. The van der Waals surface area contributed by atoms with Gasteiger partial charge >= 0.3 is 0 Å². The van der Waals surface area contributed by atoms with E-state index in [0.717, 1.165) is 36.9 Å². The second kappa shape index (κ2) is 9.42. The van der Waals surface area contributed by atoms with Crippen LogP contribution < -0.4 is 10.6 Å². The molecule has 1 heterocycles. The van der Waals surface area contributed by atoms with Crippen molar-refractivity contribution in [2.75, 3.05) is 13.6 Å². The lowest BCUT2D eigenvalue weighted by Crippen LogP contribution is -2.37. The van der Waals surface area contributed by atoms with Crippen LogP contribution in [0.15, 0.2) is 35.5 Å². The van der Waals surface area contributed by atoms with Crippen molar-refractivity contribution in [3.63, 3.8) is 0 Å². The number of guanidine groups is 1. The van der Waals surface area contributed by atoms with Crippen molar-refractivity contribution in [3.8, 4) is 0 Å². The van der Waals surface area contributed by atoms with E-state index < -0.39 is 0 Å². The summed E-state index contributed by atoms with van der Waals surface area (Å²) in [6.45, 7) is 8.15. The van der Waals surface area contributed by atoms with Gasteiger partial charge in [0, 0.05) is 24.7 Å². The number of benzene rings is 1. The van der Waals surface area contributed by atoms with E-state index in [9.17, 15) is 0 Å². The first-order chi connectivity index (χ1) is 11.6. The van der Waals surface area contributed by atoms with Gasteiger partial charge in [0.15, 0.2) is 5.96 Å². The average Bonchev–Trinajstić information content (AvgIpc) is 3.00. The minimum Gasteiger partial charge on any atom is -0.356 e. The second-order valence-corrected chi connectivity index (χ2v) is 7.52. The molecule has 0 saturated heterocycles. The fourth-order valence-corrected chi connectivity index (χ4v) is 3.18. The Kier molecular flexibility index (Phi) is 7.25. The van der Waals surface area contributed by atoms with Crippen molar-refractivity contribution < 1.29 is 0 Å². The van der Waals surface area contributed by atoms with Crippen LogP contribution in [0.3, 0.4) is 0 Å². The predicted octanol–water partition coefficient (Wildman–Crippen LogP) is 3.87. The fourth-order valence-electron chi connectivity index (χ4n) is 2.45. The molecule has 4 nitrogen and oxygen atoms in total. The zero-order valence-electron chi connectivity index (χ0n) is 15.1. The Morgan fingerprint density at radius 1 is 1.21 bits per heavy atom. The molecule has 0 saturated carbocycles. The molecular formula is C19H28N4S. The number of nitrogens with one attached hydrogen (secondary N) is 2. The number of thiazole rings is 1. The number of aliphatic imine (C=N–C) groups is 1. The van der Waals surface area contributed by atoms with Gasteiger partial charge in [0.2, 0.25) is 0 Å². The van der Waals surface area contributed by atoms with E-state index in [4.69, 9.17) is 0 Å². The first kappa shape index (κ1) is 18.5. The molecule has 130 valence electrons. The Hall–Kier alpha value is -1.88. The summed E-state index contributed by atoms with van der Waals surface area (Å²) in [5, 5.41) is 7.79. The predicted molar refractivity (Wildman–Crippen MR) is 104 cm³/mol. The van der Waals surface area contributed by atoms with E-state index in [1.165, 1.54) is 16.0 Å². The van der Waals surface area contributed by atoms with Crippen LogP contribution >= 0.6 is 11.3 Å². The van der Waals surface area contributed by atoms with Gasteiger partial charge in [0.25, 0.3) is 0 Å². The molecule has 5 heteroatoms. The zero-order chi connectivity index (χ0) is 17.4. The van der Waals surface area contributed by atoms with Crippen LogP contribution in [0.2, 0.25) is 0 Å². The SMILES string of the molecule is CN=C(NCCCc1ccc(C(C)C)cc1)NCc1cnc(C)s1. The van der Waals surface area contributed by atoms with Crippen LogP contribution in [0.4, 0.5) is 0 Å². The molecule has 1 aromatic heterocycles. The number of nitrogens with zero attached hydrogens (tertiary/aromatic N) is 2. The molecule has 0 unspecified atom stereocenters. The first-order valence-electron chi connectivity index (χ1n) is 8.53. The van der Waals surface area contributed by atoms with Gasteiger partial charge < -0.3 is 10.6 Å². The minimum absolute atomic E-state index is 0.595. The average molecular weight is 345 g/mol. The molecule has 0 aliphatic carbocycles. The van der Waals surface area contributed by atoms with Gasteiger partial charge in [-0.2, -0.15) is 0 Å². The van der Waals surface area contributed by atoms with Gasteiger partial charge in [0.1, 0.15) is 0 Å². The lowest BCUT2D eigenvalue weighted by atomic mass is 10.0. The van der Waals surface area contributed by atoms with Gasteiger partial charge in [-0.05, 0) is 36.8 Å². The number of rotatable bonds is 7. The van der Waals surface area contributed by atoms with Crippen molar-refractivity contribution >= 4 is 17.3 Å². The third-order valence-electron chi connectivity index (χ3n) is 3.90. The molecule has 0 bridgehead atoms. The maximum absolute atomic E-state index is 4.26. The standard InChI is InChI=1S/C19H28N4S/c1-14(2)17-9-7-16(8-10-17)6-5-11-21-19(20-4)23-13-18-12-22-15(3)24-18/h7-10,12,14H,5-6,11,13H2,1-4H3,(H2,20,21,23). The molecule has 0 fully saturated rings. The zero-order valence-corrected chi connectivity index (χ0v) is 15.9. The molecule has 2 N–H and O–H groups in total. The molecule has 2 rings (SSSR count). The quantitative estimate of drug-likeness (QED) is 0.455. The molecular weight excluding hydrogens is 316 g/mol. The number of aryl methyl sites for hydroxylation is 2. The highest BCUT2D eigenvalue weighted by atomic mass is 32.1. The van der Waals surface area contributed by atoms with E-state index in [0.29, 0.717) is 5.92 Å². The minimum atomic E-state index is 0.595. The summed E-state index contributed by atoms with van der Waals surface area (Å²) >= 11 is 1.71. The third-order valence-corrected chi connectivity index (χ3v) is 4.82. The van der Waals surface area contributed by atoms with Crippen molar-refractivity contribution in [3.05, 3.63) is 51.5 Å². The molecule has 2 aromatic rings. The molecule has 0 aliphatic heterocycles. The lowest BCUT2D eigenvalue weighted by Gasteiger charge is -2.11. The van der Waals surface area contributed by atoms with Gasteiger partial charge in [0.05, 0.1) is 11.6 Å². The maximum atomic E-state index is 4.26. The van der Waals surface area contributed by atoms with Crippen LogP contribution in [0.1, 0.15) is 47.2 Å². The van der Waals surface area contributed by atoms with Crippen LogP contribution in [0.5, 0.6) is 0 Å². The maximum Gasteiger partial charge on any atom is 0.191 e. The van der Waals surface area contributed by atoms with E-state index in [1.807, 2.05) is 13.1 Å². The molecule has 1 aromatic carbocycles. The molecule has 0 spiro atoms. The Balaban J connectivity index is 1.68. The van der Waals surface area contributed by atoms with Crippen LogP contribution in [-0.2, 0) is 13.0 Å². The van der Waals surface area contributed by atoms with Crippen LogP contribution in [0.25, 0.3) is 0 Å². The van der Waals surface area contributed by atoms with Crippen LogP contribution in [0, 0.1) is 6.92 Å². The van der Waals surface area contributed by atoms with Crippen LogP contribution in [-0.4, -0.2) is 24.5 Å². The topological polar surface area (TPSA) is 49.3 Å². The molecule has 24 heavy (non-hydrogen) atoms. The Morgan fingerprint density at radius 2 is 1.96 bits per heavy atom. The largest absolute Gasteiger partial charge is 0.356 e. The summed E-state index contributed by atoms with van der Waals surface area (Å²) in [6.07, 6.45) is 4.08. The smallest absolute Gasteiger partial charge is 0.191 e. The van der Waals surface area contributed by atoms with E-state index in [1.54, 1.807) is 18.4 Å². The van der Waals surface area contributed by atoms with E-state index in [2.05, 4.69) is 58.7 Å². The summed E-state index contributed by atoms with van der Waals surface area (Å²) in [5.41, 5.74) is 2.80. The van der Waals surface area contributed by atoms with Crippen molar-refractivity contribution in [1.29, 1.82) is 0 Å². The molecule has 0 amide bonds. The highest BCUT2D eigenvalue weighted by Gasteiger charge is 2.02. The summed E-state index contributed by atoms with van der Waals surface area (Å²) in [7, 11) is 1.80. The van der Waals surface area contributed by atoms with E-state index in [-0.39, 0.29) is 0 Å². The normalized spacial score (nSPS) is 11.8. The number of hydrogen-bond donors (Lipinski definition) is 2. The summed E-state index contributed by atoms with van der Waals surface area (Å²) in [5.74, 6) is 1.44. The van der Waals surface area contributed by atoms with Crippen molar-refractivity contribution in [1.82, 2.24) is 15.6 Å². The molecule has 0 aliphatic rings. The first-order valence-corrected chi connectivity index (χ1v) is 9.35. The number of hydrogen-bond acceptors (Lipinski definition) is 3. The van der Waals surface area contributed by atoms with Gasteiger partial charge in [-0.15, -0.1) is 11.3 Å². The Bertz CT molecular complexity index is 644. The third kappa shape index (κ3) is 5.96. The monoisotopic (exact) mass is 344 g/mol. The van der Waals surface area contributed by atoms with Gasteiger partial charge in [-0.25, -0.2) is 4.98 Å². The fraction of sp³-hybridized carbons (Fsp3) is 0.474. The van der Waals surface area contributed by atoms with Crippen molar-refractivity contribution in [2.45, 2.75) is 46.1 Å². The summed E-state index contributed by atoms with van der Waals surface area (Å²) < 4.78 is 0. The second-order valence-electron chi connectivity index (χ2n) is 6.20. The Morgan fingerprint density at radius 3 is 2.54 bits per heavy atom. The highest BCUT2D eigenvalue weighted by molar-refractivity contribution is 7.11. The Labute approximate surface area is 149 Å². The molecule has 0 atom stereocenters.